The Hall–Kier alpha value is -1.43. The van der Waals surface area contributed by atoms with Crippen molar-refractivity contribution < 1.29 is 9.53 Å². The maximum atomic E-state index is 12.4. The molecule has 6 heteroatoms. The van der Waals surface area contributed by atoms with Crippen molar-refractivity contribution in [2.75, 3.05) is 13.2 Å². The maximum absolute atomic E-state index is 12.4. The Kier molecular flexibility index (Phi) is 6.13. The minimum atomic E-state index is -0.718. The van der Waals surface area contributed by atoms with Crippen molar-refractivity contribution in [2.24, 2.45) is 17.1 Å². The van der Waals surface area contributed by atoms with E-state index < -0.39 is 5.41 Å². The van der Waals surface area contributed by atoms with Gasteiger partial charge in [-0.1, -0.05) is 13.8 Å². The Labute approximate surface area is 120 Å². The third kappa shape index (κ3) is 3.79. The zero-order valence-electron chi connectivity index (χ0n) is 12.9. The van der Waals surface area contributed by atoms with E-state index in [4.69, 9.17) is 10.5 Å². The molecule has 20 heavy (non-hydrogen) atoms. The van der Waals surface area contributed by atoms with Crippen molar-refractivity contribution in [1.29, 1.82) is 0 Å². The highest BCUT2D eigenvalue weighted by molar-refractivity contribution is 5.77. The average Bonchev–Trinajstić information content (AvgIpc) is 2.84. The van der Waals surface area contributed by atoms with E-state index in [2.05, 4.69) is 23.9 Å². The topological polar surface area (TPSA) is 83.0 Å². The summed E-state index contributed by atoms with van der Waals surface area (Å²) in [5, 5.41) is 4.15. The monoisotopic (exact) mass is 282 g/mol. The second-order valence-electron chi connectivity index (χ2n) is 5.47. The Balaban J connectivity index is 3.05. The first-order chi connectivity index (χ1) is 9.49. The highest BCUT2D eigenvalue weighted by Crippen LogP contribution is 2.31. The molecule has 0 aliphatic rings. The molecule has 1 unspecified atom stereocenters. The molecule has 0 aliphatic heterocycles. The first-order valence-electron chi connectivity index (χ1n) is 7.23. The average molecular weight is 282 g/mol. The number of nitrogens with two attached hydrogens (primary N) is 1. The van der Waals surface area contributed by atoms with E-state index in [9.17, 15) is 4.79 Å². The molecule has 1 atom stereocenters. The van der Waals surface area contributed by atoms with Crippen molar-refractivity contribution in [1.82, 2.24) is 14.8 Å². The minimum Gasteiger partial charge on any atom is -0.466 e. The number of aryl methyl sites for hydroxylation is 1. The molecule has 0 saturated carbocycles. The van der Waals surface area contributed by atoms with Crippen LogP contribution in [0.2, 0.25) is 0 Å². The zero-order chi connectivity index (χ0) is 15.2. The molecule has 0 amide bonds. The third-order valence-corrected chi connectivity index (χ3v) is 3.39. The van der Waals surface area contributed by atoms with Gasteiger partial charge in [-0.25, -0.2) is 4.98 Å². The van der Waals surface area contributed by atoms with Gasteiger partial charge in [-0.05, 0) is 26.2 Å². The number of rotatable bonds is 8. The SMILES string of the molecule is CCOC(=O)C(CN)(Cc1ncnn1CC)CC(C)C. The number of hydrogen-bond donors (Lipinski definition) is 1. The van der Waals surface area contributed by atoms with Crippen LogP contribution in [0.1, 0.15) is 39.9 Å². The number of esters is 1. The number of aromatic nitrogens is 3. The van der Waals surface area contributed by atoms with Crippen molar-refractivity contribution in [2.45, 2.75) is 47.1 Å². The van der Waals surface area contributed by atoms with Crippen LogP contribution in [0.25, 0.3) is 0 Å². The molecular weight excluding hydrogens is 256 g/mol. The smallest absolute Gasteiger partial charge is 0.313 e. The lowest BCUT2D eigenvalue weighted by molar-refractivity contribution is -0.156. The number of hydrogen-bond acceptors (Lipinski definition) is 5. The van der Waals surface area contributed by atoms with Gasteiger partial charge in [-0.15, -0.1) is 0 Å². The van der Waals surface area contributed by atoms with Crippen molar-refractivity contribution >= 4 is 5.97 Å². The summed E-state index contributed by atoms with van der Waals surface area (Å²) >= 11 is 0. The molecule has 1 rings (SSSR count). The third-order valence-electron chi connectivity index (χ3n) is 3.39. The van der Waals surface area contributed by atoms with Gasteiger partial charge in [-0.3, -0.25) is 9.48 Å². The van der Waals surface area contributed by atoms with E-state index in [1.165, 1.54) is 6.33 Å². The second kappa shape index (κ2) is 7.38. The van der Waals surface area contributed by atoms with Gasteiger partial charge in [0.25, 0.3) is 0 Å². The fourth-order valence-corrected chi connectivity index (χ4v) is 2.52. The molecule has 0 bridgehead atoms. The van der Waals surface area contributed by atoms with Crippen LogP contribution >= 0.6 is 0 Å². The van der Waals surface area contributed by atoms with Gasteiger partial charge in [0.15, 0.2) is 0 Å². The molecule has 1 aromatic heterocycles. The van der Waals surface area contributed by atoms with Crippen LogP contribution in [0.5, 0.6) is 0 Å². The molecule has 114 valence electrons. The van der Waals surface area contributed by atoms with E-state index in [1.54, 1.807) is 4.68 Å². The predicted octanol–water partition coefficient (Wildman–Crippen LogP) is 1.39. The lowest BCUT2D eigenvalue weighted by Crippen LogP contribution is -2.43. The van der Waals surface area contributed by atoms with Crippen LogP contribution in [0, 0.1) is 11.3 Å². The largest absolute Gasteiger partial charge is 0.466 e. The van der Waals surface area contributed by atoms with Crippen LogP contribution in [-0.2, 0) is 22.5 Å². The normalized spacial score (nSPS) is 14.3. The van der Waals surface area contributed by atoms with E-state index >= 15 is 0 Å². The summed E-state index contributed by atoms with van der Waals surface area (Å²) < 4.78 is 7.04. The van der Waals surface area contributed by atoms with Gasteiger partial charge < -0.3 is 10.5 Å². The molecule has 1 heterocycles. The molecular formula is C14H26N4O2. The molecule has 1 aromatic rings. The minimum absolute atomic E-state index is 0.234. The van der Waals surface area contributed by atoms with Crippen LogP contribution < -0.4 is 5.73 Å². The summed E-state index contributed by atoms with van der Waals surface area (Å²) in [7, 11) is 0. The summed E-state index contributed by atoms with van der Waals surface area (Å²) in [5.74, 6) is 0.898. The highest BCUT2D eigenvalue weighted by atomic mass is 16.5. The fraction of sp³-hybridized carbons (Fsp3) is 0.786. The van der Waals surface area contributed by atoms with Crippen molar-refractivity contribution in [3.8, 4) is 0 Å². The van der Waals surface area contributed by atoms with Gasteiger partial charge in [0, 0.05) is 19.5 Å². The number of carbonyl (C=O) groups excluding carboxylic acids is 1. The van der Waals surface area contributed by atoms with E-state index in [-0.39, 0.29) is 12.5 Å². The quantitative estimate of drug-likeness (QED) is 0.729. The van der Waals surface area contributed by atoms with Crippen LogP contribution in [0.3, 0.4) is 0 Å². The van der Waals surface area contributed by atoms with Crippen LogP contribution in [-0.4, -0.2) is 33.9 Å². The Morgan fingerprint density at radius 2 is 2.20 bits per heavy atom. The summed E-state index contributed by atoms with van der Waals surface area (Å²) in [4.78, 5) is 16.7. The molecule has 0 saturated heterocycles. The van der Waals surface area contributed by atoms with Gasteiger partial charge in [-0.2, -0.15) is 5.10 Å². The maximum Gasteiger partial charge on any atom is 0.313 e. The molecule has 0 spiro atoms. The van der Waals surface area contributed by atoms with E-state index in [0.29, 0.717) is 25.4 Å². The summed E-state index contributed by atoms with van der Waals surface area (Å²) in [6, 6.07) is 0. The summed E-state index contributed by atoms with van der Waals surface area (Å²) in [5.41, 5.74) is 5.22. The zero-order valence-corrected chi connectivity index (χ0v) is 12.9. The van der Waals surface area contributed by atoms with Crippen LogP contribution in [0.4, 0.5) is 0 Å². The van der Waals surface area contributed by atoms with Gasteiger partial charge >= 0.3 is 5.97 Å². The van der Waals surface area contributed by atoms with Gasteiger partial charge in [0.1, 0.15) is 12.2 Å². The number of carbonyl (C=O) groups is 1. The summed E-state index contributed by atoms with van der Waals surface area (Å²) in [6.07, 6.45) is 2.66. The highest BCUT2D eigenvalue weighted by Gasteiger charge is 2.40. The first-order valence-corrected chi connectivity index (χ1v) is 7.23. The van der Waals surface area contributed by atoms with E-state index in [1.807, 2.05) is 13.8 Å². The Morgan fingerprint density at radius 3 is 2.70 bits per heavy atom. The van der Waals surface area contributed by atoms with Gasteiger partial charge in [0.2, 0.25) is 0 Å². The Morgan fingerprint density at radius 1 is 1.50 bits per heavy atom. The van der Waals surface area contributed by atoms with Crippen molar-refractivity contribution in [3.05, 3.63) is 12.2 Å². The summed E-state index contributed by atoms with van der Waals surface area (Å²) in [6.45, 7) is 9.29. The van der Waals surface area contributed by atoms with Crippen LogP contribution in [0.15, 0.2) is 6.33 Å². The molecule has 0 aliphatic carbocycles. The van der Waals surface area contributed by atoms with E-state index in [0.717, 1.165) is 12.4 Å². The molecule has 2 N–H and O–H groups in total. The number of ether oxygens (including phenoxy) is 1. The first kappa shape index (κ1) is 16.6. The standard InChI is InChI=1S/C14H26N4O2/c1-5-18-12(16-10-17-18)8-14(9-15,7-11(3)4)13(19)20-6-2/h10-11H,5-9,15H2,1-4H3. The lowest BCUT2D eigenvalue weighted by atomic mass is 9.77. The molecule has 0 fully saturated rings. The second-order valence-corrected chi connectivity index (χ2v) is 5.47. The molecule has 0 radical (unpaired) electrons. The van der Waals surface area contributed by atoms with Gasteiger partial charge in [0.05, 0.1) is 12.0 Å². The number of nitrogens with zero attached hydrogens (tertiary/aromatic N) is 3. The fourth-order valence-electron chi connectivity index (χ4n) is 2.52. The Bertz CT molecular complexity index is 431. The molecule has 0 aromatic carbocycles. The predicted molar refractivity (Wildman–Crippen MR) is 77.0 cm³/mol. The van der Waals surface area contributed by atoms with Crippen molar-refractivity contribution in [3.63, 3.8) is 0 Å². The lowest BCUT2D eigenvalue weighted by Gasteiger charge is -2.31. The molecule has 6 nitrogen and oxygen atoms in total.